The van der Waals surface area contributed by atoms with Crippen LogP contribution in [0.3, 0.4) is 0 Å². The van der Waals surface area contributed by atoms with Crippen molar-refractivity contribution in [1.82, 2.24) is 4.98 Å². The van der Waals surface area contributed by atoms with Crippen LogP contribution in [0.4, 0.5) is 0 Å². The number of nitrogens with zero attached hydrogens (tertiary/aromatic N) is 2. The van der Waals surface area contributed by atoms with Crippen LogP contribution in [0.2, 0.25) is 0 Å². The summed E-state index contributed by atoms with van der Waals surface area (Å²) in [5, 5.41) is 9.43. The predicted molar refractivity (Wildman–Crippen MR) is 93.6 cm³/mol. The summed E-state index contributed by atoms with van der Waals surface area (Å²) in [5.74, 6) is 1.45. The average molecular weight is 320 g/mol. The minimum Gasteiger partial charge on any atom is -0.493 e. The van der Waals surface area contributed by atoms with Crippen molar-refractivity contribution in [2.24, 2.45) is 0 Å². The summed E-state index contributed by atoms with van der Waals surface area (Å²) >= 11 is 0. The largest absolute Gasteiger partial charge is 0.493 e. The third kappa shape index (κ3) is 3.75. The maximum atomic E-state index is 9.43. The minimum absolute atomic E-state index is 0.254. The van der Waals surface area contributed by atoms with Gasteiger partial charge in [0.1, 0.15) is 6.07 Å². The molecule has 0 atom stereocenters. The Morgan fingerprint density at radius 1 is 1.21 bits per heavy atom. The number of nitriles is 1. The highest BCUT2D eigenvalue weighted by molar-refractivity contribution is 5.88. The first kappa shape index (κ1) is 16.1. The molecule has 3 rings (SSSR count). The molecule has 1 aliphatic rings. The summed E-state index contributed by atoms with van der Waals surface area (Å²) in [6.07, 6.45) is 8.35. The van der Waals surface area contributed by atoms with E-state index in [-0.39, 0.29) is 6.10 Å². The second kappa shape index (κ2) is 7.65. The van der Waals surface area contributed by atoms with Gasteiger partial charge in [-0.3, -0.25) is 4.98 Å². The third-order valence-corrected chi connectivity index (χ3v) is 4.16. The number of allylic oxidation sites excluding steroid dienone is 1. The molecule has 0 bridgehead atoms. The highest BCUT2D eigenvalue weighted by Gasteiger charge is 2.18. The summed E-state index contributed by atoms with van der Waals surface area (Å²) in [7, 11) is 1.64. The molecule has 0 radical (unpaired) electrons. The lowest BCUT2D eigenvalue weighted by Gasteiger charge is -2.16. The lowest BCUT2D eigenvalue weighted by atomic mass is 10.1. The smallest absolute Gasteiger partial charge is 0.162 e. The molecule has 1 aromatic heterocycles. The molecule has 122 valence electrons. The van der Waals surface area contributed by atoms with Gasteiger partial charge in [-0.2, -0.15) is 5.26 Å². The first-order valence-corrected chi connectivity index (χ1v) is 8.18. The Morgan fingerprint density at radius 3 is 2.71 bits per heavy atom. The van der Waals surface area contributed by atoms with E-state index in [1.165, 1.54) is 12.8 Å². The molecule has 4 heteroatoms. The molecule has 4 nitrogen and oxygen atoms in total. The van der Waals surface area contributed by atoms with E-state index in [1.54, 1.807) is 13.3 Å². The number of rotatable bonds is 5. The van der Waals surface area contributed by atoms with Crippen molar-refractivity contribution in [2.75, 3.05) is 7.11 Å². The molecule has 2 aromatic rings. The minimum atomic E-state index is 0.254. The molecule has 0 N–H and O–H groups in total. The first-order chi connectivity index (χ1) is 11.8. The summed E-state index contributed by atoms with van der Waals surface area (Å²) in [6.45, 7) is 0. The van der Waals surface area contributed by atoms with Gasteiger partial charge in [-0.1, -0.05) is 12.1 Å². The molecule has 1 aromatic carbocycles. The Bertz CT molecular complexity index is 757. The summed E-state index contributed by atoms with van der Waals surface area (Å²) < 4.78 is 11.5. The van der Waals surface area contributed by atoms with Gasteiger partial charge in [0, 0.05) is 6.20 Å². The van der Waals surface area contributed by atoms with Gasteiger partial charge in [0.25, 0.3) is 0 Å². The second-order valence-corrected chi connectivity index (χ2v) is 5.82. The Morgan fingerprint density at radius 2 is 2.04 bits per heavy atom. The highest BCUT2D eigenvalue weighted by atomic mass is 16.5. The molecule has 24 heavy (non-hydrogen) atoms. The van der Waals surface area contributed by atoms with Gasteiger partial charge in [-0.05, 0) is 61.6 Å². The van der Waals surface area contributed by atoms with Crippen LogP contribution in [-0.4, -0.2) is 18.2 Å². The van der Waals surface area contributed by atoms with E-state index in [0.717, 1.165) is 29.9 Å². The quantitative estimate of drug-likeness (QED) is 0.762. The molecule has 1 aliphatic carbocycles. The van der Waals surface area contributed by atoms with Crippen molar-refractivity contribution in [3.63, 3.8) is 0 Å². The number of aromatic nitrogens is 1. The second-order valence-electron chi connectivity index (χ2n) is 5.82. The van der Waals surface area contributed by atoms with Crippen molar-refractivity contribution >= 4 is 11.6 Å². The summed E-state index contributed by atoms with van der Waals surface area (Å²) in [5.41, 5.74) is 2.08. The van der Waals surface area contributed by atoms with Crippen LogP contribution < -0.4 is 9.47 Å². The Balaban J connectivity index is 1.90. The SMILES string of the molecule is COc1ccc(/C=C(\C#N)c2ccccn2)cc1OC1CCCC1. The fraction of sp³-hybridized carbons (Fsp3) is 0.300. The van der Waals surface area contributed by atoms with Gasteiger partial charge < -0.3 is 9.47 Å². The topological polar surface area (TPSA) is 55.1 Å². The predicted octanol–water partition coefficient (Wildman–Crippen LogP) is 4.48. The molecule has 1 heterocycles. The van der Waals surface area contributed by atoms with E-state index in [0.29, 0.717) is 11.3 Å². The number of benzene rings is 1. The maximum absolute atomic E-state index is 9.43. The van der Waals surface area contributed by atoms with Crippen LogP contribution in [0.25, 0.3) is 11.6 Å². The zero-order valence-electron chi connectivity index (χ0n) is 13.7. The third-order valence-electron chi connectivity index (χ3n) is 4.16. The van der Waals surface area contributed by atoms with E-state index in [9.17, 15) is 5.26 Å². The zero-order chi connectivity index (χ0) is 16.8. The zero-order valence-corrected chi connectivity index (χ0v) is 13.7. The summed E-state index contributed by atoms with van der Waals surface area (Å²) in [4.78, 5) is 4.24. The number of methoxy groups -OCH3 is 1. The molecular weight excluding hydrogens is 300 g/mol. The van der Waals surface area contributed by atoms with Gasteiger partial charge in [0.05, 0.1) is 24.5 Å². The molecule has 0 amide bonds. The van der Waals surface area contributed by atoms with Gasteiger partial charge in [0.2, 0.25) is 0 Å². The number of hydrogen-bond acceptors (Lipinski definition) is 4. The number of ether oxygens (including phenoxy) is 2. The van der Waals surface area contributed by atoms with Crippen LogP contribution in [0.5, 0.6) is 11.5 Å². The lowest BCUT2D eigenvalue weighted by molar-refractivity contribution is 0.201. The fourth-order valence-corrected chi connectivity index (χ4v) is 2.91. The van der Waals surface area contributed by atoms with Crippen LogP contribution in [-0.2, 0) is 0 Å². The fourth-order valence-electron chi connectivity index (χ4n) is 2.91. The molecule has 1 saturated carbocycles. The van der Waals surface area contributed by atoms with E-state index < -0.39 is 0 Å². The summed E-state index contributed by atoms with van der Waals surface area (Å²) in [6, 6.07) is 13.5. The lowest BCUT2D eigenvalue weighted by Crippen LogP contribution is -2.11. The first-order valence-electron chi connectivity index (χ1n) is 8.18. The molecular formula is C20H20N2O2. The molecule has 0 saturated heterocycles. The molecule has 0 unspecified atom stereocenters. The van der Waals surface area contributed by atoms with Crippen LogP contribution >= 0.6 is 0 Å². The van der Waals surface area contributed by atoms with E-state index in [2.05, 4.69) is 11.1 Å². The van der Waals surface area contributed by atoms with Crippen molar-refractivity contribution < 1.29 is 9.47 Å². The normalized spacial score (nSPS) is 15.1. The standard InChI is InChI=1S/C20H20N2O2/c1-23-19-10-9-15(13-20(19)24-17-6-2-3-7-17)12-16(14-21)18-8-4-5-11-22-18/h4-5,8-13,17H,2-3,6-7H2,1H3/b16-12+. The molecule has 1 fully saturated rings. The van der Waals surface area contributed by atoms with Crippen molar-refractivity contribution in [3.05, 3.63) is 53.9 Å². The van der Waals surface area contributed by atoms with Gasteiger partial charge in [-0.25, -0.2) is 0 Å². The molecule has 0 aliphatic heterocycles. The van der Waals surface area contributed by atoms with Crippen molar-refractivity contribution in [3.8, 4) is 17.6 Å². The van der Waals surface area contributed by atoms with Crippen LogP contribution in [0.1, 0.15) is 36.9 Å². The van der Waals surface area contributed by atoms with Crippen molar-refractivity contribution in [2.45, 2.75) is 31.8 Å². The Kier molecular flexibility index (Phi) is 5.12. The van der Waals surface area contributed by atoms with Gasteiger partial charge in [0.15, 0.2) is 11.5 Å². The number of pyridine rings is 1. The number of hydrogen-bond donors (Lipinski definition) is 0. The maximum Gasteiger partial charge on any atom is 0.162 e. The van der Waals surface area contributed by atoms with Crippen LogP contribution in [0, 0.1) is 11.3 Å². The monoisotopic (exact) mass is 320 g/mol. The highest BCUT2D eigenvalue weighted by Crippen LogP contribution is 2.33. The Hall–Kier alpha value is -2.80. The van der Waals surface area contributed by atoms with Crippen molar-refractivity contribution in [1.29, 1.82) is 5.26 Å². The Labute approximate surface area is 142 Å². The van der Waals surface area contributed by atoms with E-state index >= 15 is 0 Å². The average Bonchev–Trinajstić information content (AvgIpc) is 3.14. The van der Waals surface area contributed by atoms with Crippen LogP contribution in [0.15, 0.2) is 42.6 Å². The van der Waals surface area contributed by atoms with Gasteiger partial charge >= 0.3 is 0 Å². The van der Waals surface area contributed by atoms with E-state index in [4.69, 9.17) is 9.47 Å². The van der Waals surface area contributed by atoms with Gasteiger partial charge in [-0.15, -0.1) is 0 Å². The van der Waals surface area contributed by atoms with E-state index in [1.807, 2.05) is 42.5 Å². The molecule has 0 spiro atoms.